The molecule has 4 rings (SSSR count). The van der Waals surface area contributed by atoms with Crippen molar-refractivity contribution >= 4 is 11.6 Å². The van der Waals surface area contributed by atoms with Crippen molar-refractivity contribution in [1.82, 2.24) is 24.7 Å². The number of aromatic nitrogens is 5. The number of ether oxygens (including phenoxy) is 1. The van der Waals surface area contributed by atoms with E-state index in [1.54, 1.807) is 60.6 Å². The molecule has 1 aromatic carbocycles. The van der Waals surface area contributed by atoms with Crippen LogP contribution in [-0.2, 0) is 11.3 Å². The van der Waals surface area contributed by atoms with Crippen LogP contribution in [0.5, 0.6) is 5.75 Å². The molecule has 0 saturated carbocycles. The number of aryl methyl sites for hydroxylation is 1. The highest BCUT2D eigenvalue weighted by atomic mass is 16.5. The van der Waals surface area contributed by atoms with E-state index in [9.17, 15) is 4.79 Å². The first-order chi connectivity index (χ1) is 14.1. The summed E-state index contributed by atoms with van der Waals surface area (Å²) in [6.07, 6.45) is 5.04. The van der Waals surface area contributed by atoms with Crippen molar-refractivity contribution in [3.63, 3.8) is 0 Å². The van der Waals surface area contributed by atoms with Crippen LogP contribution in [0.3, 0.4) is 0 Å². The van der Waals surface area contributed by atoms with Crippen LogP contribution in [0.4, 0.5) is 5.69 Å². The molecule has 0 fully saturated rings. The summed E-state index contributed by atoms with van der Waals surface area (Å²) in [6, 6.07) is 10.8. The third-order valence-corrected chi connectivity index (χ3v) is 4.23. The number of hydrogen-bond acceptors (Lipinski definition) is 7. The molecule has 0 aliphatic rings. The Morgan fingerprint density at radius 1 is 1.21 bits per heavy atom. The lowest BCUT2D eigenvalue weighted by atomic mass is 10.3. The highest BCUT2D eigenvalue weighted by molar-refractivity contribution is 5.90. The van der Waals surface area contributed by atoms with E-state index in [2.05, 4.69) is 25.4 Å². The molecule has 146 valence electrons. The first-order valence-corrected chi connectivity index (χ1v) is 8.84. The molecule has 1 amide bonds. The van der Waals surface area contributed by atoms with Crippen molar-refractivity contribution in [2.45, 2.75) is 13.5 Å². The Labute approximate surface area is 166 Å². The zero-order valence-electron chi connectivity index (χ0n) is 15.9. The number of rotatable bonds is 6. The monoisotopic (exact) mass is 390 g/mol. The molecule has 3 heterocycles. The second-order valence-corrected chi connectivity index (χ2v) is 6.24. The lowest BCUT2D eigenvalue weighted by molar-refractivity contribution is -0.116. The van der Waals surface area contributed by atoms with Crippen LogP contribution in [0.1, 0.15) is 5.82 Å². The molecule has 0 aliphatic heterocycles. The number of nitrogens with one attached hydrogen (secondary N) is 1. The zero-order chi connectivity index (χ0) is 20.2. The Morgan fingerprint density at radius 3 is 2.76 bits per heavy atom. The number of hydrogen-bond donors (Lipinski definition) is 1. The summed E-state index contributed by atoms with van der Waals surface area (Å²) in [6.45, 7) is 1.92. The van der Waals surface area contributed by atoms with Gasteiger partial charge in [-0.15, -0.1) is 0 Å². The third kappa shape index (κ3) is 4.13. The van der Waals surface area contributed by atoms with E-state index >= 15 is 0 Å². The fraction of sp³-hybridized carbons (Fsp3) is 0.150. The van der Waals surface area contributed by atoms with E-state index in [4.69, 9.17) is 9.26 Å². The van der Waals surface area contributed by atoms with Crippen LogP contribution >= 0.6 is 0 Å². The highest BCUT2D eigenvalue weighted by Crippen LogP contribution is 2.21. The van der Waals surface area contributed by atoms with E-state index in [-0.39, 0.29) is 12.5 Å². The van der Waals surface area contributed by atoms with Crippen LogP contribution in [0.15, 0.2) is 59.5 Å². The topological polar surface area (TPSA) is 108 Å². The van der Waals surface area contributed by atoms with Crippen molar-refractivity contribution in [1.29, 1.82) is 0 Å². The van der Waals surface area contributed by atoms with Crippen LogP contribution in [0.25, 0.3) is 23.0 Å². The Morgan fingerprint density at radius 2 is 2.03 bits per heavy atom. The summed E-state index contributed by atoms with van der Waals surface area (Å²) in [5.74, 6) is 1.92. The molecule has 0 unspecified atom stereocenters. The van der Waals surface area contributed by atoms with Gasteiger partial charge in [0.15, 0.2) is 0 Å². The maximum absolute atomic E-state index is 12.4. The van der Waals surface area contributed by atoms with Gasteiger partial charge in [0.25, 0.3) is 5.89 Å². The maximum atomic E-state index is 12.4. The molecular formula is C20H18N6O3. The van der Waals surface area contributed by atoms with Crippen molar-refractivity contribution in [2.75, 3.05) is 12.4 Å². The van der Waals surface area contributed by atoms with Gasteiger partial charge in [-0.1, -0.05) is 5.16 Å². The minimum Gasteiger partial charge on any atom is -0.497 e. The minimum absolute atomic E-state index is 0.109. The molecule has 0 atom stereocenters. The highest BCUT2D eigenvalue weighted by Gasteiger charge is 2.16. The Hall–Kier alpha value is -4.01. The van der Waals surface area contributed by atoms with Crippen molar-refractivity contribution in [3.05, 3.63) is 60.8 Å². The summed E-state index contributed by atoms with van der Waals surface area (Å²) in [7, 11) is 1.59. The predicted octanol–water partition coefficient (Wildman–Crippen LogP) is 2.95. The Kier molecular flexibility index (Phi) is 5.02. The van der Waals surface area contributed by atoms with Gasteiger partial charge in [-0.25, -0.2) is 4.98 Å². The molecule has 4 aromatic rings. The average Bonchev–Trinajstić information content (AvgIpc) is 3.37. The predicted molar refractivity (Wildman–Crippen MR) is 105 cm³/mol. The van der Waals surface area contributed by atoms with Gasteiger partial charge in [0.2, 0.25) is 11.7 Å². The Bertz CT molecular complexity index is 1120. The van der Waals surface area contributed by atoms with Crippen molar-refractivity contribution in [3.8, 4) is 28.7 Å². The fourth-order valence-corrected chi connectivity index (χ4v) is 2.74. The lowest BCUT2D eigenvalue weighted by Crippen LogP contribution is -2.19. The van der Waals surface area contributed by atoms with Crippen LogP contribution in [0, 0.1) is 6.92 Å². The molecule has 0 spiro atoms. The molecule has 0 bridgehead atoms. The van der Waals surface area contributed by atoms with E-state index < -0.39 is 0 Å². The summed E-state index contributed by atoms with van der Waals surface area (Å²) < 4.78 is 12.1. The van der Waals surface area contributed by atoms with E-state index in [1.807, 2.05) is 13.0 Å². The minimum atomic E-state index is -0.175. The van der Waals surface area contributed by atoms with Gasteiger partial charge in [-0.05, 0) is 43.3 Å². The van der Waals surface area contributed by atoms with E-state index in [0.717, 1.165) is 11.3 Å². The molecule has 3 aromatic heterocycles. The Balaban J connectivity index is 1.46. The van der Waals surface area contributed by atoms with Gasteiger partial charge in [0.05, 0.1) is 12.7 Å². The molecule has 0 saturated heterocycles. The SMILES string of the molecule is COc1ccc(NC(=O)Cn2cc(-c3noc(-c4cccnc4)n3)nc2C)cc1. The molecule has 9 heteroatoms. The van der Waals surface area contributed by atoms with Gasteiger partial charge >= 0.3 is 0 Å². The number of nitrogens with zero attached hydrogens (tertiary/aromatic N) is 5. The number of anilines is 1. The number of carbonyl (C=O) groups is 1. The standard InChI is InChI=1S/C20H18N6O3/c1-13-22-17(19-24-20(29-25-19)14-4-3-9-21-10-14)11-26(13)12-18(27)23-15-5-7-16(28-2)8-6-15/h3-11H,12H2,1-2H3,(H,23,27). The summed E-state index contributed by atoms with van der Waals surface area (Å²) in [5.41, 5.74) is 1.94. The number of benzene rings is 1. The van der Waals surface area contributed by atoms with Gasteiger partial charge in [-0.2, -0.15) is 4.98 Å². The molecule has 9 nitrogen and oxygen atoms in total. The smallest absolute Gasteiger partial charge is 0.259 e. The number of pyridine rings is 1. The summed E-state index contributed by atoms with van der Waals surface area (Å²) >= 11 is 0. The summed E-state index contributed by atoms with van der Waals surface area (Å²) in [4.78, 5) is 25.2. The number of imidazole rings is 1. The normalized spacial score (nSPS) is 10.7. The first-order valence-electron chi connectivity index (χ1n) is 8.84. The van der Waals surface area contributed by atoms with Crippen LogP contribution in [0.2, 0.25) is 0 Å². The van der Waals surface area contributed by atoms with Gasteiger partial charge in [0, 0.05) is 24.3 Å². The number of carbonyl (C=O) groups excluding carboxylic acids is 1. The van der Waals surface area contributed by atoms with Gasteiger partial charge in [0.1, 0.15) is 23.8 Å². The average molecular weight is 390 g/mol. The molecule has 1 N–H and O–H groups in total. The van der Waals surface area contributed by atoms with Crippen molar-refractivity contribution in [2.24, 2.45) is 0 Å². The third-order valence-electron chi connectivity index (χ3n) is 4.23. The number of amides is 1. The molecular weight excluding hydrogens is 372 g/mol. The first kappa shape index (κ1) is 18.4. The number of methoxy groups -OCH3 is 1. The van der Waals surface area contributed by atoms with Gasteiger partial charge in [-0.3, -0.25) is 9.78 Å². The van der Waals surface area contributed by atoms with E-state index in [1.165, 1.54) is 0 Å². The van der Waals surface area contributed by atoms with Crippen molar-refractivity contribution < 1.29 is 14.1 Å². The second kappa shape index (κ2) is 7.93. The second-order valence-electron chi connectivity index (χ2n) is 6.24. The fourth-order valence-electron chi connectivity index (χ4n) is 2.74. The van der Waals surface area contributed by atoms with E-state index in [0.29, 0.717) is 28.9 Å². The quantitative estimate of drug-likeness (QED) is 0.539. The molecule has 0 aliphatic carbocycles. The maximum Gasteiger partial charge on any atom is 0.259 e. The molecule has 0 radical (unpaired) electrons. The van der Waals surface area contributed by atoms with Crippen LogP contribution in [-0.4, -0.2) is 37.7 Å². The zero-order valence-corrected chi connectivity index (χ0v) is 15.9. The van der Waals surface area contributed by atoms with Crippen LogP contribution < -0.4 is 10.1 Å². The molecule has 29 heavy (non-hydrogen) atoms. The lowest BCUT2D eigenvalue weighted by Gasteiger charge is -2.07. The summed E-state index contributed by atoms with van der Waals surface area (Å²) in [5, 5.41) is 6.82. The van der Waals surface area contributed by atoms with Gasteiger partial charge < -0.3 is 19.1 Å². The largest absolute Gasteiger partial charge is 0.497 e.